The monoisotopic (exact) mass is 591 g/mol. The Kier molecular flexibility index (Phi) is 7.86. The molecule has 10 nitrogen and oxygen atoms in total. The second-order valence-corrected chi connectivity index (χ2v) is 10.4. The summed E-state index contributed by atoms with van der Waals surface area (Å²) >= 11 is 7.57. The van der Waals surface area contributed by atoms with Crippen molar-refractivity contribution in [3.8, 4) is 0 Å². The van der Waals surface area contributed by atoms with Crippen molar-refractivity contribution in [3.05, 3.63) is 73.7 Å². The van der Waals surface area contributed by atoms with Gasteiger partial charge in [-0.05, 0) is 32.8 Å². The number of nitrogens with one attached hydrogen (secondary N) is 1. The number of carbonyl (C=O) groups is 2. The molecule has 3 aromatic rings. The van der Waals surface area contributed by atoms with Crippen LogP contribution < -0.4 is 10.2 Å². The first-order valence-corrected chi connectivity index (χ1v) is 13.7. The predicted molar refractivity (Wildman–Crippen MR) is 143 cm³/mol. The number of halogens is 3. The first kappa shape index (κ1) is 27.7. The van der Waals surface area contributed by atoms with Crippen LogP contribution in [-0.2, 0) is 9.53 Å². The van der Waals surface area contributed by atoms with Gasteiger partial charge in [0.25, 0.3) is 6.01 Å². The number of carboxylic acid groups (broad SMARTS) is 1. The lowest BCUT2D eigenvalue weighted by molar-refractivity contribution is -0.139. The van der Waals surface area contributed by atoms with Crippen LogP contribution in [0.4, 0.5) is 14.8 Å². The number of rotatable bonds is 7. The minimum absolute atomic E-state index is 0.0881. The fourth-order valence-corrected chi connectivity index (χ4v) is 5.67. The SMILES string of the molecule is CCOC(=O)C1=C(C2CCN(c3nc(C(=O)O)c(C)o3)CC2)NC(c2nccs2)=NC1c1ccc(F)c(F)c1Cl. The molecule has 0 saturated carbocycles. The number of aryl methyl sites for hydroxylation is 1. The van der Waals surface area contributed by atoms with Crippen molar-refractivity contribution in [2.75, 3.05) is 24.6 Å². The number of thiazole rings is 1. The van der Waals surface area contributed by atoms with E-state index in [1.165, 1.54) is 24.3 Å². The lowest BCUT2D eigenvalue weighted by Crippen LogP contribution is -2.41. The van der Waals surface area contributed by atoms with E-state index >= 15 is 0 Å². The molecule has 5 rings (SSSR count). The van der Waals surface area contributed by atoms with Crippen LogP contribution in [0, 0.1) is 24.5 Å². The third-order valence-corrected chi connectivity index (χ3v) is 7.89. The number of amidine groups is 1. The number of hydrogen-bond donors (Lipinski definition) is 2. The number of benzene rings is 1. The maximum absolute atomic E-state index is 14.6. The maximum atomic E-state index is 14.6. The molecule has 14 heteroatoms. The van der Waals surface area contributed by atoms with E-state index in [-0.39, 0.29) is 41.1 Å². The van der Waals surface area contributed by atoms with Crippen LogP contribution in [0.1, 0.15) is 52.6 Å². The number of aromatic carboxylic acids is 1. The van der Waals surface area contributed by atoms with Crippen LogP contribution in [0.25, 0.3) is 0 Å². The second-order valence-electron chi connectivity index (χ2n) is 9.12. The van der Waals surface area contributed by atoms with Crippen molar-refractivity contribution in [1.82, 2.24) is 15.3 Å². The smallest absolute Gasteiger partial charge is 0.358 e. The summed E-state index contributed by atoms with van der Waals surface area (Å²) in [6.07, 6.45) is 2.66. The Labute approximate surface area is 236 Å². The van der Waals surface area contributed by atoms with Gasteiger partial charge in [0.2, 0.25) is 0 Å². The third kappa shape index (κ3) is 5.18. The summed E-state index contributed by atoms with van der Waals surface area (Å²) in [4.78, 5) is 39.7. The van der Waals surface area contributed by atoms with Crippen molar-refractivity contribution in [3.63, 3.8) is 0 Å². The Hall–Kier alpha value is -3.84. The number of allylic oxidation sites excluding steroid dienone is 1. The van der Waals surface area contributed by atoms with Crippen LogP contribution in [0.3, 0.4) is 0 Å². The molecule has 2 aliphatic rings. The van der Waals surface area contributed by atoms with Gasteiger partial charge in [0, 0.05) is 41.8 Å². The van der Waals surface area contributed by atoms with Gasteiger partial charge < -0.3 is 24.5 Å². The summed E-state index contributed by atoms with van der Waals surface area (Å²) < 4.78 is 39.5. The van der Waals surface area contributed by atoms with E-state index < -0.39 is 34.6 Å². The first-order chi connectivity index (χ1) is 19.2. The average Bonchev–Trinajstić information content (AvgIpc) is 3.62. The molecular weight excluding hydrogens is 568 g/mol. The van der Waals surface area contributed by atoms with Gasteiger partial charge in [0.05, 0.1) is 17.2 Å². The van der Waals surface area contributed by atoms with Crippen LogP contribution in [-0.4, -0.2) is 52.5 Å². The van der Waals surface area contributed by atoms with Crippen LogP contribution in [0.2, 0.25) is 5.02 Å². The normalized spacial score (nSPS) is 18.0. The van der Waals surface area contributed by atoms with E-state index in [1.807, 2.05) is 4.90 Å². The van der Waals surface area contributed by atoms with Crippen molar-refractivity contribution in [2.45, 2.75) is 32.7 Å². The molecule has 210 valence electrons. The lowest BCUT2D eigenvalue weighted by atomic mass is 9.85. The van der Waals surface area contributed by atoms with E-state index in [9.17, 15) is 23.5 Å². The summed E-state index contributed by atoms with van der Waals surface area (Å²) in [7, 11) is 0. The molecule has 0 spiro atoms. The van der Waals surface area contributed by atoms with E-state index in [0.29, 0.717) is 42.5 Å². The Morgan fingerprint density at radius 2 is 2.05 bits per heavy atom. The van der Waals surface area contributed by atoms with E-state index in [2.05, 4.69) is 20.3 Å². The van der Waals surface area contributed by atoms with Crippen LogP contribution in [0.15, 0.2) is 44.4 Å². The number of nitrogens with zero attached hydrogens (tertiary/aromatic N) is 4. The summed E-state index contributed by atoms with van der Waals surface area (Å²) in [5.41, 5.74) is 0.645. The minimum atomic E-state index is -1.23. The number of hydrogen-bond acceptors (Lipinski definition) is 10. The second kappa shape index (κ2) is 11.3. The highest BCUT2D eigenvalue weighted by Gasteiger charge is 2.38. The topological polar surface area (TPSA) is 130 Å². The summed E-state index contributed by atoms with van der Waals surface area (Å²) in [6, 6.07) is 1.38. The predicted octanol–water partition coefficient (Wildman–Crippen LogP) is 4.89. The molecule has 2 N–H and O–H groups in total. The molecule has 0 amide bonds. The number of ether oxygens (including phenoxy) is 1. The molecule has 0 radical (unpaired) electrons. The molecule has 4 heterocycles. The summed E-state index contributed by atoms with van der Waals surface area (Å²) in [5.74, 6) is -3.81. The largest absolute Gasteiger partial charge is 0.476 e. The Bertz CT molecular complexity index is 1520. The number of aliphatic imine (C=N–C) groups is 1. The van der Waals surface area contributed by atoms with Crippen LogP contribution >= 0.6 is 22.9 Å². The fourth-order valence-electron chi connectivity index (χ4n) is 4.82. The van der Waals surface area contributed by atoms with Gasteiger partial charge in [-0.1, -0.05) is 17.7 Å². The summed E-state index contributed by atoms with van der Waals surface area (Å²) in [5, 5.41) is 14.4. The van der Waals surface area contributed by atoms with Gasteiger partial charge in [-0.3, -0.25) is 4.99 Å². The Morgan fingerprint density at radius 3 is 2.67 bits per heavy atom. The number of carbonyl (C=O) groups excluding carboxylic acids is 1. The highest BCUT2D eigenvalue weighted by Crippen LogP contribution is 2.41. The minimum Gasteiger partial charge on any atom is -0.476 e. The number of carboxylic acids is 1. The van der Waals surface area contributed by atoms with Gasteiger partial charge in [-0.25, -0.2) is 23.4 Å². The molecule has 2 aliphatic heterocycles. The van der Waals surface area contributed by atoms with Gasteiger partial charge in [-0.15, -0.1) is 11.3 Å². The number of anilines is 1. The number of aromatic nitrogens is 2. The first-order valence-electron chi connectivity index (χ1n) is 12.4. The highest BCUT2D eigenvalue weighted by atomic mass is 35.5. The molecular formula is C26H24ClF2N5O5S. The third-order valence-electron chi connectivity index (χ3n) is 6.73. The van der Waals surface area contributed by atoms with E-state index in [1.54, 1.807) is 18.5 Å². The van der Waals surface area contributed by atoms with Crippen molar-refractivity contribution in [2.24, 2.45) is 10.9 Å². The zero-order valence-electron chi connectivity index (χ0n) is 21.4. The quantitative estimate of drug-likeness (QED) is 0.291. The molecule has 1 unspecified atom stereocenters. The molecule has 1 saturated heterocycles. The molecule has 1 atom stereocenters. The molecule has 0 aliphatic carbocycles. The number of piperidine rings is 1. The van der Waals surface area contributed by atoms with Crippen molar-refractivity contribution in [1.29, 1.82) is 0 Å². The van der Waals surface area contributed by atoms with Crippen LogP contribution in [0.5, 0.6) is 0 Å². The average molecular weight is 592 g/mol. The Morgan fingerprint density at radius 1 is 1.30 bits per heavy atom. The molecule has 2 aromatic heterocycles. The van der Waals surface area contributed by atoms with Crippen molar-refractivity contribution >= 4 is 46.7 Å². The summed E-state index contributed by atoms with van der Waals surface area (Å²) in [6.45, 7) is 4.19. The lowest BCUT2D eigenvalue weighted by Gasteiger charge is -2.36. The number of esters is 1. The molecule has 0 bridgehead atoms. The van der Waals surface area contributed by atoms with E-state index in [4.69, 9.17) is 20.8 Å². The zero-order valence-corrected chi connectivity index (χ0v) is 23.0. The zero-order chi connectivity index (χ0) is 28.6. The molecule has 1 aromatic carbocycles. The molecule has 1 fully saturated rings. The van der Waals surface area contributed by atoms with Gasteiger partial charge in [0.1, 0.15) is 11.8 Å². The number of oxazole rings is 1. The molecule has 40 heavy (non-hydrogen) atoms. The van der Waals surface area contributed by atoms with Gasteiger partial charge >= 0.3 is 11.9 Å². The standard InChI is InChI=1S/C26H24ClF2N5O5S/c1-3-38-25(37)16-20(13-6-9-34(10-7-13)26-33-19(24(35)36)12(2)39-26)31-22(23-30-8-11-40-23)32-21(16)14-4-5-15(28)18(29)17(14)27/h4-5,8,11,13,21H,3,6-7,9-10H2,1-2H3,(H,31,32)(H,35,36). The van der Waals surface area contributed by atoms with Crippen molar-refractivity contribution < 1.29 is 32.6 Å². The van der Waals surface area contributed by atoms with E-state index in [0.717, 1.165) is 6.07 Å². The Balaban J connectivity index is 1.54. The maximum Gasteiger partial charge on any atom is 0.358 e. The fraction of sp³-hybridized carbons (Fsp3) is 0.346. The highest BCUT2D eigenvalue weighted by molar-refractivity contribution is 7.11. The van der Waals surface area contributed by atoms with Gasteiger partial charge in [-0.2, -0.15) is 4.98 Å². The van der Waals surface area contributed by atoms with Gasteiger partial charge in [0.15, 0.2) is 28.2 Å².